The Morgan fingerprint density at radius 1 is 1.29 bits per heavy atom. The van der Waals surface area contributed by atoms with Crippen molar-refractivity contribution >= 4 is 28.5 Å². The zero-order valence-electron chi connectivity index (χ0n) is 16.2. The third kappa shape index (κ3) is 3.54. The van der Waals surface area contributed by atoms with Crippen molar-refractivity contribution in [3.8, 4) is 0 Å². The predicted octanol–water partition coefficient (Wildman–Crippen LogP) is 5.11. The van der Waals surface area contributed by atoms with Gasteiger partial charge < -0.3 is 15.0 Å². The molecule has 2 N–H and O–H groups in total. The first kappa shape index (κ1) is 19.0. The van der Waals surface area contributed by atoms with Crippen LogP contribution in [0.25, 0.3) is 10.9 Å². The number of likely N-dealkylation sites (N-methyl/N-ethyl adjacent to an activating group) is 1. The molecular weight excluding hydrogens is 372 g/mol. The molecule has 0 bridgehead atoms. The van der Waals surface area contributed by atoms with Gasteiger partial charge in [-0.05, 0) is 86.1 Å². The van der Waals surface area contributed by atoms with Gasteiger partial charge in [0.2, 0.25) is 0 Å². The molecule has 2 atom stereocenters. The number of aromatic carboxylic acids is 1. The van der Waals surface area contributed by atoms with Crippen LogP contribution >= 0.6 is 11.6 Å². The number of fused-ring (bicyclic) bond motifs is 1. The van der Waals surface area contributed by atoms with Crippen molar-refractivity contribution in [3.63, 3.8) is 0 Å². The summed E-state index contributed by atoms with van der Waals surface area (Å²) in [5.74, 6) is -0.0664. The zero-order chi connectivity index (χ0) is 19.8. The van der Waals surface area contributed by atoms with Crippen LogP contribution in [0.2, 0.25) is 5.02 Å². The van der Waals surface area contributed by atoms with E-state index in [0.717, 1.165) is 42.0 Å². The van der Waals surface area contributed by atoms with Gasteiger partial charge in [-0.3, -0.25) is 0 Å². The summed E-state index contributed by atoms with van der Waals surface area (Å²) in [4.78, 5) is 16.9. The van der Waals surface area contributed by atoms with E-state index < -0.39 is 5.97 Å². The highest BCUT2D eigenvalue weighted by molar-refractivity contribution is 6.32. The molecule has 146 valence electrons. The van der Waals surface area contributed by atoms with Crippen LogP contribution in [0, 0.1) is 12.8 Å². The van der Waals surface area contributed by atoms with Crippen molar-refractivity contribution in [1.82, 2.24) is 9.88 Å². The second-order valence-electron chi connectivity index (χ2n) is 7.97. The van der Waals surface area contributed by atoms with E-state index in [2.05, 4.69) is 36.0 Å². The average molecular weight is 397 g/mol. The minimum atomic E-state index is -0.884. The minimum Gasteiger partial charge on any atom is -0.478 e. The Hall–Kier alpha value is -2.30. The molecule has 2 aromatic carbocycles. The highest BCUT2D eigenvalue weighted by Crippen LogP contribution is 2.38. The van der Waals surface area contributed by atoms with Crippen LogP contribution in [0.5, 0.6) is 0 Å². The van der Waals surface area contributed by atoms with E-state index in [0.29, 0.717) is 17.4 Å². The van der Waals surface area contributed by atoms with E-state index in [1.807, 2.05) is 18.3 Å². The standard InChI is InChI=1S/C23H25ClN2O2/c1-14-11-21(24)19(18-7-9-25-22(14)18)12-17-8-10-26(2)13-20(17)15-3-5-16(6-4-15)23(27)28/h3-7,9,11,17,20,25H,8,10,12-13H2,1-2H3,(H,27,28). The summed E-state index contributed by atoms with van der Waals surface area (Å²) in [6.07, 6.45) is 4.00. The summed E-state index contributed by atoms with van der Waals surface area (Å²) in [6, 6.07) is 11.6. The lowest BCUT2D eigenvalue weighted by Gasteiger charge is -2.37. The normalized spacial score (nSPS) is 20.5. The van der Waals surface area contributed by atoms with Gasteiger partial charge in [-0.2, -0.15) is 0 Å². The first-order valence-electron chi connectivity index (χ1n) is 9.71. The van der Waals surface area contributed by atoms with Crippen molar-refractivity contribution in [2.75, 3.05) is 20.1 Å². The van der Waals surface area contributed by atoms with Gasteiger partial charge >= 0.3 is 5.97 Å². The van der Waals surface area contributed by atoms with E-state index in [4.69, 9.17) is 11.6 Å². The van der Waals surface area contributed by atoms with Gasteiger partial charge in [0.15, 0.2) is 0 Å². The molecule has 1 aliphatic rings. The maximum Gasteiger partial charge on any atom is 0.335 e. The number of carbonyl (C=O) groups is 1. The fourth-order valence-corrected chi connectivity index (χ4v) is 4.90. The Bertz CT molecular complexity index is 1010. The molecule has 0 aliphatic carbocycles. The summed E-state index contributed by atoms with van der Waals surface area (Å²) < 4.78 is 0. The molecule has 0 saturated carbocycles. The van der Waals surface area contributed by atoms with E-state index in [1.165, 1.54) is 16.5 Å². The molecule has 4 nitrogen and oxygen atoms in total. The molecular formula is C23H25ClN2O2. The summed E-state index contributed by atoms with van der Waals surface area (Å²) >= 11 is 6.67. The van der Waals surface area contributed by atoms with Gasteiger partial charge in [0.1, 0.15) is 0 Å². The van der Waals surface area contributed by atoms with Gasteiger partial charge in [-0.1, -0.05) is 23.7 Å². The van der Waals surface area contributed by atoms with Crippen molar-refractivity contribution in [3.05, 3.63) is 69.9 Å². The maximum atomic E-state index is 11.2. The van der Waals surface area contributed by atoms with Gasteiger partial charge in [-0.15, -0.1) is 0 Å². The number of rotatable bonds is 4. The smallest absolute Gasteiger partial charge is 0.335 e. The summed E-state index contributed by atoms with van der Waals surface area (Å²) in [5.41, 5.74) is 5.08. The third-order valence-corrected chi connectivity index (χ3v) is 6.45. The van der Waals surface area contributed by atoms with Crippen LogP contribution in [-0.4, -0.2) is 41.1 Å². The quantitative estimate of drug-likeness (QED) is 0.644. The van der Waals surface area contributed by atoms with Gasteiger partial charge in [0, 0.05) is 28.7 Å². The van der Waals surface area contributed by atoms with Gasteiger partial charge in [0.05, 0.1) is 5.56 Å². The lowest BCUT2D eigenvalue weighted by Crippen LogP contribution is -2.37. The number of carboxylic acids is 1. The van der Waals surface area contributed by atoms with Crippen LogP contribution in [-0.2, 0) is 6.42 Å². The number of benzene rings is 2. The molecule has 0 amide bonds. The van der Waals surface area contributed by atoms with Crippen LogP contribution in [0.15, 0.2) is 42.6 Å². The molecule has 1 aliphatic heterocycles. The van der Waals surface area contributed by atoms with Gasteiger partial charge in [-0.25, -0.2) is 4.79 Å². The SMILES string of the molecule is Cc1cc(Cl)c(CC2CCN(C)CC2c2ccc(C(=O)O)cc2)c2cc[nH]c12. The molecule has 0 radical (unpaired) electrons. The molecule has 0 spiro atoms. The molecule has 28 heavy (non-hydrogen) atoms. The van der Waals surface area contributed by atoms with Crippen molar-refractivity contribution < 1.29 is 9.90 Å². The summed E-state index contributed by atoms with van der Waals surface area (Å²) in [6.45, 7) is 4.11. The monoisotopic (exact) mass is 396 g/mol. The number of aromatic amines is 1. The number of aromatic nitrogens is 1. The van der Waals surface area contributed by atoms with Crippen molar-refractivity contribution in [2.24, 2.45) is 5.92 Å². The molecule has 3 aromatic rings. The molecule has 2 unspecified atom stereocenters. The number of likely N-dealkylation sites (tertiary alicyclic amines) is 1. The molecule has 1 saturated heterocycles. The predicted molar refractivity (Wildman–Crippen MR) is 113 cm³/mol. The van der Waals surface area contributed by atoms with E-state index >= 15 is 0 Å². The molecule has 1 aromatic heterocycles. The van der Waals surface area contributed by atoms with Gasteiger partial charge in [0.25, 0.3) is 0 Å². The highest BCUT2D eigenvalue weighted by Gasteiger charge is 2.30. The van der Waals surface area contributed by atoms with E-state index in [9.17, 15) is 9.90 Å². The number of hydrogen-bond acceptors (Lipinski definition) is 2. The lowest BCUT2D eigenvalue weighted by molar-refractivity contribution is 0.0697. The number of hydrogen-bond donors (Lipinski definition) is 2. The largest absolute Gasteiger partial charge is 0.478 e. The Morgan fingerprint density at radius 2 is 2.04 bits per heavy atom. The fraction of sp³-hybridized carbons (Fsp3) is 0.348. The number of H-pyrrole nitrogens is 1. The number of halogens is 1. The van der Waals surface area contributed by atoms with E-state index in [1.54, 1.807) is 12.1 Å². The molecule has 4 rings (SSSR count). The van der Waals surface area contributed by atoms with Crippen LogP contribution in [0.4, 0.5) is 0 Å². The third-order valence-electron chi connectivity index (χ3n) is 6.11. The first-order chi connectivity index (χ1) is 13.4. The Morgan fingerprint density at radius 3 is 2.75 bits per heavy atom. The molecule has 1 fully saturated rings. The second kappa shape index (κ2) is 7.61. The van der Waals surface area contributed by atoms with Crippen LogP contribution < -0.4 is 0 Å². The highest BCUT2D eigenvalue weighted by atomic mass is 35.5. The maximum absolute atomic E-state index is 11.2. The fourth-order valence-electron chi connectivity index (χ4n) is 4.55. The van der Waals surface area contributed by atoms with Crippen LogP contribution in [0.3, 0.4) is 0 Å². The average Bonchev–Trinajstić information content (AvgIpc) is 3.16. The minimum absolute atomic E-state index is 0.333. The van der Waals surface area contributed by atoms with Crippen molar-refractivity contribution in [1.29, 1.82) is 0 Å². The zero-order valence-corrected chi connectivity index (χ0v) is 17.0. The number of nitrogens with zero attached hydrogens (tertiary/aromatic N) is 1. The first-order valence-corrected chi connectivity index (χ1v) is 10.1. The Balaban J connectivity index is 1.67. The Kier molecular flexibility index (Phi) is 5.17. The number of aryl methyl sites for hydroxylation is 1. The summed E-state index contributed by atoms with van der Waals surface area (Å²) in [5, 5.41) is 11.2. The lowest BCUT2D eigenvalue weighted by atomic mass is 9.77. The molecule has 2 heterocycles. The second-order valence-corrected chi connectivity index (χ2v) is 8.38. The summed E-state index contributed by atoms with van der Waals surface area (Å²) in [7, 11) is 2.15. The van der Waals surface area contributed by atoms with Crippen LogP contribution in [0.1, 0.15) is 39.4 Å². The molecule has 5 heteroatoms. The number of carboxylic acid groups (broad SMARTS) is 1. The Labute approximate surface area is 170 Å². The number of nitrogens with one attached hydrogen (secondary N) is 1. The van der Waals surface area contributed by atoms with Crippen molar-refractivity contribution in [2.45, 2.75) is 25.7 Å². The number of piperidine rings is 1. The van der Waals surface area contributed by atoms with E-state index in [-0.39, 0.29) is 0 Å². The topological polar surface area (TPSA) is 56.3 Å².